The summed E-state index contributed by atoms with van der Waals surface area (Å²) in [5.41, 5.74) is 0.938. The average molecular weight is 280 g/mol. The molecule has 4 aromatic carbocycles. The standard InChI is InChI=1S/C14H10.C8H6/c1-2-6-12-10-14-8-4-3-7-13(14)9-11(12)5-1;1-2-8-6-4-3-5-7-8/h1-10H;1,3-7H. The van der Waals surface area contributed by atoms with Crippen molar-refractivity contribution in [2.24, 2.45) is 0 Å². The van der Waals surface area contributed by atoms with Crippen molar-refractivity contribution in [1.29, 1.82) is 0 Å². The second-order valence-corrected chi connectivity index (χ2v) is 5.06. The number of hydrogen-bond acceptors (Lipinski definition) is 0. The molecule has 0 N–H and O–H groups in total. The summed E-state index contributed by atoms with van der Waals surface area (Å²) in [5, 5.41) is 5.25. The summed E-state index contributed by atoms with van der Waals surface area (Å²) in [7, 11) is 0. The molecule has 0 amide bonds. The predicted molar refractivity (Wildman–Crippen MR) is 95.8 cm³/mol. The lowest BCUT2D eigenvalue weighted by Gasteiger charge is -2.00. The van der Waals surface area contributed by atoms with Gasteiger partial charge in [0.1, 0.15) is 0 Å². The van der Waals surface area contributed by atoms with Crippen molar-refractivity contribution < 1.29 is 0 Å². The van der Waals surface area contributed by atoms with Crippen molar-refractivity contribution in [2.45, 2.75) is 0 Å². The Labute approximate surface area is 131 Å². The van der Waals surface area contributed by atoms with Crippen LogP contribution < -0.4 is 0 Å². The fourth-order valence-corrected chi connectivity index (χ4v) is 2.42. The van der Waals surface area contributed by atoms with Crippen LogP contribution in [0.4, 0.5) is 0 Å². The fraction of sp³-hybridized carbons (Fsp3) is 0. The molecule has 0 atom stereocenters. The van der Waals surface area contributed by atoms with E-state index in [2.05, 4.69) is 66.6 Å². The summed E-state index contributed by atoms with van der Waals surface area (Å²) in [6, 6.07) is 31.0. The molecule has 4 aromatic rings. The summed E-state index contributed by atoms with van der Waals surface area (Å²) >= 11 is 0. The van der Waals surface area contributed by atoms with Gasteiger partial charge in [-0.15, -0.1) is 6.42 Å². The molecule has 104 valence electrons. The van der Waals surface area contributed by atoms with Gasteiger partial charge in [-0.1, -0.05) is 72.7 Å². The maximum absolute atomic E-state index is 5.10. The van der Waals surface area contributed by atoms with E-state index in [9.17, 15) is 0 Å². The maximum Gasteiger partial charge on any atom is 0.0242 e. The lowest BCUT2D eigenvalue weighted by molar-refractivity contribution is 1.65. The quantitative estimate of drug-likeness (QED) is 0.288. The Morgan fingerprint density at radius 1 is 0.500 bits per heavy atom. The first kappa shape index (κ1) is 13.9. The molecular formula is C22H16. The van der Waals surface area contributed by atoms with E-state index in [1.165, 1.54) is 21.5 Å². The van der Waals surface area contributed by atoms with E-state index in [4.69, 9.17) is 6.42 Å². The van der Waals surface area contributed by atoms with Gasteiger partial charge < -0.3 is 0 Å². The largest absolute Gasteiger partial charge is 0.115 e. The molecule has 0 nitrogen and oxygen atoms in total. The van der Waals surface area contributed by atoms with Gasteiger partial charge in [0.25, 0.3) is 0 Å². The molecule has 22 heavy (non-hydrogen) atoms. The van der Waals surface area contributed by atoms with Crippen LogP contribution in [0, 0.1) is 12.3 Å². The summed E-state index contributed by atoms with van der Waals surface area (Å²) in [6.07, 6.45) is 5.10. The topological polar surface area (TPSA) is 0 Å². The zero-order valence-corrected chi connectivity index (χ0v) is 12.2. The van der Waals surface area contributed by atoms with Crippen LogP contribution in [0.3, 0.4) is 0 Å². The normalized spacial score (nSPS) is 9.77. The van der Waals surface area contributed by atoms with E-state index in [-0.39, 0.29) is 0 Å². The average Bonchev–Trinajstić information content (AvgIpc) is 2.61. The molecule has 0 aliphatic carbocycles. The van der Waals surface area contributed by atoms with Gasteiger partial charge in [0.05, 0.1) is 0 Å². The summed E-state index contributed by atoms with van der Waals surface area (Å²) in [6.45, 7) is 0. The van der Waals surface area contributed by atoms with Crippen LogP contribution in [0.25, 0.3) is 21.5 Å². The summed E-state index contributed by atoms with van der Waals surface area (Å²) in [5.74, 6) is 2.53. The lowest BCUT2D eigenvalue weighted by Crippen LogP contribution is -1.74. The smallest absolute Gasteiger partial charge is 0.0242 e. The van der Waals surface area contributed by atoms with Gasteiger partial charge >= 0.3 is 0 Å². The van der Waals surface area contributed by atoms with Crippen LogP contribution in [-0.2, 0) is 0 Å². The minimum Gasteiger partial charge on any atom is -0.115 e. The molecule has 0 unspecified atom stereocenters. The SMILES string of the molecule is C#Cc1ccccc1.c1ccc2cc3ccccc3cc2c1. The molecular weight excluding hydrogens is 264 g/mol. The molecule has 0 aromatic heterocycles. The zero-order chi connectivity index (χ0) is 15.2. The van der Waals surface area contributed by atoms with Crippen molar-refractivity contribution in [2.75, 3.05) is 0 Å². The van der Waals surface area contributed by atoms with E-state index in [0.29, 0.717) is 0 Å². The van der Waals surface area contributed by atoms with E-state index in [1.807, 2.05) is 30.3 Å². The molecule has 0 aliphatic heterocycles. The van der Waals surface area contributed by atoms with Gasteiger partial charge in [0.15, 0.2) is 0 Å². The van der Waals surface area contributed by atoms with Gasteiger partial charge in [0, 0.05) is 5.56 Å². The fourth-order valence-electron chi connectivity index (χ4n) is 2.42. The Hall–Kier alpha value is -3.04. The van der Waals surface area contributed by atoms with Crippen LogP contribution in [0.5, 0.6) is 0 Å². The van der Waals surface area contributed by atoms with Gasteiger partial charge in [-0.2, -0.15) is 0 Å². The minimum atomic E-state index is 0.938. The van der Waals surface area contributed by atoms with Crippen LogP contribution in [0.15, 0.2) is 91.0 Å². The Morgan fingerprint density at radius 2 is 0.864 bits per heavy atom. The third-order valence-corrected chi connectivity index (χ3v) is 3.55. The number of terminal acetylenes is 1. The van der Waals surface area contributed by atoms with Crippen molar-refractivity contribution in [3.8, 4) is 12.3 Å². The molecule has 0 heteroatoms. The van der Waals surface area contributed by atoms with Gasteiger partial charge in [-0.3, -0.25) is 0 Å². The Morgan fingerprint density at radius 3 is 1.18 bits per heavy atom. The summed E-state index contributed by atoms with van der Waals surface area (Å²) < 4.78 is 0. The highest BCUT2D eigenvalue weighted by molar-refractivity contribution is 5.98. The van der Waals surface area contributed by atoms with Crippen molar-refractivity contribution in [1.82, 2.24) is 0 Å². The predicted octanol–water partition coefficient (Wildman–Crippen LogP) is 5.66. The van der Waals surface area contributed by atoms with Gasteiger partial charge in [-0.25, -0.2) is 0 Å². The van der Waals surface area contributed by atoms with Crippen molar-refractivity contribution in [3.05, 3.63) is 96.6 Å². The number of hydrogen-bond donors (Lipinski definition) is 0. The van der Waals surface area contributed by atoms with Crippen LogP contribution in [-0.4, -0.2) is 0 Å². The molecule has 0 aliphatic rings. The highest BCUT2D eigenvalue weighted by atomic mass is 14.0. The first-order valence-electron chi connectivity index (χ1n) is 7.26. The van der Waals surface area contributed by atoms with E-state index >= 15 is 0 Å². The Kier molecular flexibility index (Phi) is 4.18. The van der Waals surface area contributed by atoms with Crippen molar-refractivity contribution >= 4 is 21.5 Å². The van der Waals surface area contributed by atoms with Crippen LogP contribution in [0.2, 0.25) is 0 Å². The minimum absolute atomic E-state index is 0.938. The van der Waals surface area contributed by atoms with Crippen LogP contribution >= 0.6 is 0 Å². The number of fused-ring (bicyclic) bond motifs is 2. The Balaban J connectivity index is 0.000000154. The summed E-state index contributed by atoms with van der Waals surface area (Å²) in [4.78, 5) is 0. The third kappa shape index (κ3) is 3.16. The van der Waals surface area contributed by atoms with E-state index in [0.717, 1.165) is 5.56 Å². The lowest BCUT2D eigenvalue weighted by atomic mass is 10.0. The molecule has 0 saturated heterocycles. The van der Waals surface area contributed by atoms with Gasteiger partial charge in [-0.05, 0) is 45.8 Å². The number of benzene rings is 4. The first-order chi connectivity index (χ1) is 10.9. The molecule has 4 rings (SSSR count). The molecule has 0 fully saturated rings. The molecule has 0 bridgehead atoms. The Bertz CT molecular complexity index is 823. The maximum atomic E-state index is 5.10. The van der Waals surface area contributed by atoms with E-state index in [1.54, 1.807) is 0 Å². The highest BCUT2D eigenvalue weighted by Gasteiger charge is 1.95. The van der Waals surface area contributed by atoms with E-state index < -0.39 is 0 Å². The van der Waals surface area contributed by atoms with Gasteiger partial charge in [0.2, 0.25) is 0 Å². The van der Waals surface area contributed by atoms with Crippen molar-refractivity contribution in [3.63, 3.8) is 0 Å². The second-order valence-electron chi connectivity index (χ2n) is 5.06. The second kappa shape index (κ2) is 6.61. The number of rotatable bonds is 0. The molecule has 0 spiro atoms. The highest BCUT2D eigenvalue weighted by Crippen LogP contribution is 2.21. The third-order valence-electron chi connectivity index (χ3n) is 3.55. The monoisotopic (exact) mass is 280 g/mol. The molecule has 0 heterocycles. The zero-order valence-electron chi connectivity index (χ0n) is 12.2. The molecule has 0 radical (unpaired) electrons. The molecule has 0 saturated carbocycles. The van der Waals surface area contributed by atoms with Crippen LogP contribution in [0.1, 0.15) is 5.56 Å². The first-order valence-corrected chi connectivity index (χ1v) is 7.26.